The van der Waals surface area contributed by atoms with E-state index < -0.39 is 22.4 Å². The molecule has 0 spiro atoms. The van der Waals surface area contributed by atoms with E-state index in [0.717, 1.165) is 10.6 Å². The van der Waals surface area contributed by atoms with Gasteiger partial charge in [-0.05, 0) is 52.0 Å². The van der Waals surface area contributed by atoms with Gasteiger partial charge in [0.2, 0.25) is 0 Å². The van der Waals surface area contributed by atoms with Gasteiger partial charge >= 0.3 is 5.97 Å². The first-order chi connectivity index (χ1) is 14.0. The summed E-state index contributed by atoms with van der Waals surface area (Å²) in [5.74, 6) is -1.08. The van der Waals surface area contributed by atoms with Crippen molar-refractivity contribution in [2.75, 3.05) is 18.9 Å². The van der Waals surface area contributed by atoms with Crippen molar-refractivity contribution in [3.63, 3.8) is 0 Å². The van der Waals surface area contributed by atoms with Crippen LogP contribution in [0.5, 0.6) is 0 Å². The number of nitrogens with one attached hydrogen (secondary N) is 1. The third-order valence-electron chi connectivity index (χ3n) is 4.08. The number of nitro benzene ring substituents is 1. The fraction of sp³-hybridized carbons (Fsp3) is 0.381. The van der Waals surface area contributed by atoms with E-state index in [1.807, 2.05) is 19.1 Å². The number of ether oxygens (including phenoxy) is 1. The highest BCUT2D eigenvalue weighted by molar-refractivity contribution is 5.97. The molecule has 1 unspecified atom stereocenters. The van der Waals surface area contributed by atoms with Crippen LogP contribution in [0.15, 0.2) is 42.6 Å². The molecule has 9 nitrogen and oxygen atoms in total. The van der Waals surface area contributed by atoms with E-state index in [0.29, 0.717) is 0 Å². The van der Waals surface area contributed by atoms with Gasteiger partial charge in [0, 0.05) is 24.9 Å². The largest absolute Gasteiger partial charge is 0.459 e. The minimum atomic E-state index is -0.669. The van der Waals surface area contributed by atoms with E-state index >= 15 is 0 Å². The first-order valence-corrected chi connectivity index (χ1v) is 9.41. The maximum absolute atomic E-state index is 12.6. The number of nitrogens with zero attached hydrogens (tertiary/aromatic N) is 3. The van der Waals surface area contributed by atoms with Gasteiger partial charge in [-0.15, -0.1) is 0 Å². The molecule has 2 aromatic rings. The van der Waals surface area contributed by atoms with Crippen molar-refractivity contribution in [2.45, 2.75) is 39.3 Å². The Morgan fingerprint density at radius 3 is 2.53 bits per heavy atom. The molecule has 2 rings (SSSR count). The number of amides is 1. The number of hydrogen-bond donors (Lipinski definition) is 1. The number of carbonyl (C=O) groups excluding carboxylic acids is 2. The minimum Gasteiger partial charge on any atom is -0.459 e. The number of anilines is 1. The van der Waals surface area contributed by atoms with Crippen molar-refractivity contribution in [1.29, 1.82) is 0 Å². The average Bonchev–Trinajstić information content (AvgIpc) is 2.66. The van der Waals surface area contributed by atoms with Crippen molar-refractivity contribution in [3.05, 3.63) is 64.0 Å². The standard InChI is InChI=1S/C21H26N4O5/c1-14(16-8-6-7-11-22-16)23-17-10-9-15(12-18(17)25(28)29)20(27)24(5)13-19(26)30-21(2,3)4/h6-12,14,23H,13H2,1-5H3. The maximum atomic E-state index is 12.6. The zero-order valence-corrected chi connectivity index (χ0v) is 17.7. The average molecular weight is 414 g/mol. The van der Waals surface area contributed by atoms with Gasteiger partial charge in [-0.25, -0.2) is 0 Å². The van der Waals surface area contributed by atoms with E-state index in [1.54, 1.807) is 33.0 Å². The molecule has 0 saturated carbocycles. The molecule has 1 aromatic carbocycles. The lowest BCUT2D eigenvalue weighted by molar-refractivity contribution is -0.384. The van der Waals surface area contributed by atoms with Crippen molar-refractivity contribution in [1.82, 2.24) is 9.88 Å². The van der Waals surface area contributed by atoms with Gasteiger partial charge in [-0.1, -0.05) is 6.07 Å². The molecule has 0 aliphatic carbocycles. The van der Waals surface area contributed by atoms with Crippen LogP contribution >= 0.6 is 0 Å². The van der Waals surface area contributed by atoms with Crippen LogP contribution in [0.3, 0.4) is 0 Å². The summed E-state index contributed by atoms with van der Waals surface area (Å²) in [5, 5.41) is 14.6. The Labute approximate surface area is 175 Å². The van der Waals surface area contributed by atoms with Gasteiger partial charge in [-0.2, -0.15) is 0 Å². The second-order valence-electron chi connectivity index (χ2n) is 7.86. The molecule has 0 saturated heterocycles. The predicted octanol–water partition coefficient (Wildman–Crippen LogP) is 3.58. The van der Waals surface area contributed by atoms with Gasteiger partial charge in [0.25, 0.3) is 11.6 Å². The van der Waals surface area contributed by atoms with Crippen molar-refractivity contribution in [3.8, 4) is 0 Å². The minimum absolute atomic E-state index is 0.101. The normalized spacial score (nSPS) is 12.0. The van der Waals surface area contributed by atoms with Gasteiger partial charge in [0.05, 0.1) is 16.7 Å². The zero-order valence-electron chi connectivity index (χ0n) is 17.7. The predicted molar refractivity (Wildman–Crippen MR) is 112 cm³/mol. The van der Waals surface area contributed by atoms with E-state index in [9.17, 15) is 19.7 Å². The fourth-order valence-corrected chi connectivity index (χ4v) is 2.74. The molecule has 1 amide bonds. The van der Waals surface area contributed by atoms with Crippen LogP contribution in [0.2, 0.25) is 0 Å². The molecule has 30 heavy (non-hydrogen) atoms. The Morgan fingerprint density at radius 1 is 1.27 bits per heavy atom. The summed E-state index contributed by atoms with van der Waals surface area (Å²) in [4.78, 5) is 41.0. The number of rotatable bonds is 7. The SMILES string of the molecule is CC(Nc1ccc(C(=O)N(C)CC(=O)OC(C)(C)C)cc1[N+](=O)[O-])c1ccccn1. The van der Waals surface area contributed by atoms with Crippen LogP contribution in [0.25, 0.3) is 0 Å². The highest BCUT2D eigenvalue weighted by atomic mass is 16.6. The quantitative estimate of drug-likeness (QED) is 0.418. The second-order valence-corrected chi connectivity index (χ2v) is 7.86. The summed E-state index contributed by atoms with van der Waals surface area (Å²) >= 11 is 0. The van der Waals surface area contributed by atoms with E-state index in [-0.39, 0.29) is 29.5 Å². The number of likely N-dealkylation sites (N-methyl/N-ethyl adjacent to an activating group) is 1. The van der Waals surface area contributed by atoms with Crippen molar-refractivity contribution >= 4 is 23.3 Å². The van der Waals surface area contributed by atoms with Crippen LogP contribution in [-0.2, 0) is 9.53 Å². The number of aromatic nitrogens is 1. The molecular formula is C21H26N4O5. The Hall–Kier alpha value is -3.49. The first-order valence-electron chi connectivity index (χ1n) is 9.41. The van der Waals surface area contributed by atoms with Crippen molar-refractivity contribution in [2.24, 2.45) is 0 Å². The molecule has 1 N–H and O–H groups in total. The summed E-state index contributed by atoms with van der Waals surface area (Å²) in [6.45, 7) is 6.76. The van der Waals surface area contributed by atoms with E-state index in [2.05, 4.69) is 10.3 Å². The molecule has 0 aliphatic rings. The summed E-state index contributed by atoms with van der Waals surface area (Å²) in [6.07, 6.45) is 1.64. The Bertz CT molecular complexity index is 925. The van der Waals surface area contributed by atoms with E-state index in [4.69, 9.17) is 4.74 Å². The summed E-state index contributed by atoms with van der Waals surface area (Å²) in [6, 6.07) is 9.31. The Kier molecular flexibility index (Phi) is 7.10. The van der Waals surface area contributed by atoms with Crippen LogP contribution in [-0.4, -0.2) is 45.9 Å². The van der Waals surface area contributed by atoms with Gasteiger partial charge < -0.3 is 15.0 Å². The monoisotopic (exact) mass is 414 g/mol. The number of carbonyl (C=O) groups is 2. The molecule has 1 heterocycles. The molecule has 160 valence electrons. The number of pyridine rings is 1. The molecule has 0 bridgehead atoms. The Morgan fingerprint density at radius 2 is 1.97 bits per heavy atom. The summed E-state index contributed by atoms with van der Waals surface area (Å²) in [5.41, 5.74) is 0.184. The van der Waals surface area contributed by atoms with Gasteiger partial charge in [-0.3, -0.25) is 24.7 Å². The van der Waals surface area contributed by atoms with Crippen LogP contribution in [0.1, 0.15) is 49.8 Å². The molecular weight excluding hydrogens is 388 g/mol. The highest BCUT2D eigenvalue weighted by Gasteiger charge is 2.24. The number of esters is 1. The lowest BCUT2D eigenvalue weighted by Gasteiger charge is -2.22. The molecule has 1 atom stereocenters. The lowest BCUT2D eigenvalue weighted by Crippen LogP contribution is -2.36. The Balaban J connectivity index is 2.18. The van der Waals surface area contributed by atoms with Crippen LogP contribution < -0.4 is 5.32 Å². The third kappa shape index (κ3) is 6.26. The van der Waals surface area contributed by atoms with Crippen LogP contribution in [0, 0.1) is 10.1 Å². The lowest BCUT2D eigenvalue weighted by atomic mass is 10.1. The topological polar surface area (TPSA) is 115 Å². The number of nitro groups is 1. The molecule has 9 heteroatoms. The molecule has 0 radical (unpaired) electrons. The molecule has 1 aromatic heterocycles. The third-order valence-corrected chi connectivity index (χ3v) is 4.08. The van der Waals surface area contributed by atoms with E-state index in [1.165, 1.54) is 25.2 Å². The fourth-order valence-electron chi connectivity index (χ4n) is 2.74. The van der Waals surface area contributed by atoms with Gasteiger partial charge in [0.1, 0.15) is 17.8 Å². The summed E-state index contributed by atoms with van der Waals surface area (Å²) in [7, 11) is 1.44. The maximum Gasteiger partial charge on any atom is 0.326 e. The summed E-state index contributed by atoms with van der Waals surface area (Å²) < 4.78 is 5.20. The molecule has 0 aliphatic heterocycles. The smallest absolute Gasteiger partial charge is 0.326 e. The van der Waals surface area contributed by atoms with Crippen molar-refractivity contribution < 1.29 is 19.2 Å². The van der Waals surface area contributed by atoms with Gasteiger partial charge in [0.15, 0.2) is 0 Å². The highest BCUT2D eigenvalue weighted by Crippen LogP contribution is 2.29. The number of benzene rings is 1. The second kappa shape index (κ2) is 9.34. The van der Waals surface area contributed by atoms with Crippen LogP contribution in [0.4, 0.5) is 11.4 Å². The zero-order chi connectivity index (χ0) is 22.5. The number of hydrogen-bond acceptors (Lipinski definition) is 7. The molecule has 0 fully saturated rings. The first kappa shape index (κ1) is 22.8.